The molecule has 0 saturated heterocycles. The Hall–Kier alpha value is -0.791. The minimum absolute atomic E-state index is 0. The van der Waals surface area contributed by atoms with E-state index < -0.39 is 0 Å². The summed E-state index contributed by atoms with van der Waals surface area (Å²) < 4.78 is 22.5. The van der Waals surface area contributed by atoms with E-state index in [9.17, 15) is 0 Å². The fraction of sp³-hybridized carbons (Fsp3) is 0.100. The van der Waals surface area contributed by atoms with E-state index in [0.717, 1.165) is 5.92 Å². The van der Waals surface area contributed by atoms with Gasteiger partial charge in [-0.05, 0) is 32.6 Å². The molecule has 0 heterocycles. The number of rotatable bonds is 1. The average molecular weight is 261 g/mol. The van der Waals surface area contributed by atoms with Crippen LogP contribution < -0.4 is 0 Å². The van der Waals surface area contributed by atoms with Crippen molar-refractivity contribution in [3.63, 3.8) is 0 Å². The van der Waals surface area contributed by atoms with Crippen LogP contribution in [0.15, 0.2) is 5.16 Å². The molecule has 0 amide bonds. The van der Waals surface area contributed by atoms with E-state index in [4.69, 9.17) is 19.2 Å². The molecule has 0 aromatic rings. The Morgan fingerprint density at radius 1 is 1.06 bits per heavy atom. The molecule has 5 nitrogen and oxygen atoms in total. The van der Waals surface area contributed by atoms with E-state index in [-0.39, 0.29) is 17.1 Å². The summed E-state index contributed by atoms with van der Waals surface area (Å²) in [4.78, 5) is 0. The summed E-state index contributed by atoms with van der Waals surface area (Å²) in [6.45, 7) is 15.3. The third kappa shape index (κ3) is 13.2. The van der Waals surface area contributed by atoms with Gasteiger partial charge in [-0.25, -0.2) is 0 Å². The van der Waals surface area contributed by atoms with Crippen LogP contribution in [0.25, 0.3) is 0 Å². The van der Waals surface area contributed by atoms with Crippen molar-refractivity contribution in [2.45, 2.75) is 6.92 Å². The molecule has 6 radical (unpaired) electrons. The van der Waals surface area contributed by atoms with Gasteiger partial charge in [-0.3, -0.25) is 0 Å². The van der Waals surface area contributed by atoms with E-state index in [0.29, 0.717) is 5.71 Å². The van der Waals surface area contributed by atoms with Crippen molar-refractivity contribution in [3.8, 4) is 0 Å². The summed E-state index contributed by atoms with van der Waals surface area (Å²) in [6.07, 6.45) is 7.61. The number of nitrogens with zero attached hydrogens (tertiary/aromatic N) is 1. The van der Waals surface area contributed by atoms with Gasteiger partial charge in [0.05, 0.1) is 5.71 Å². The van der Waals surface area contributed by atoms with Crippen molar-refractivity contribution in [2.75, 3.05) is 0 Å². The van der Waals surface area contributed by atoms with E-state index >= 15 is 0 Å². The zero-order valence-electron chi connectivity index (χ0n) is 8.31. The van der Waals surface area contributed by atoms with E-state index in [2.05, 4.69) is 25.1 Å². The minimum atomic E-state index is 0. The van der Waals surface area contributed by atoms with Crippen LogP contribution in [-0.4, -0.2) is 10.9 Å². The van der Waals surface area contributed by atoms with Gasteiger partial charge in [0.15, 0.2) is 0 Å². The largest absolute Gasteiger partial charge is 0 e. The second kappa shape index (κ2) is 23.8. The molecule has 0 aliphatic heterocycles. The summed E-state index contributed by atoms with van der Waals surface area (Å²) >= 11 is 0. The maximum Gasteiger partial charge on any atom is 0 e. The average Bonchev–Trinajstić information content (AvgIpc) is 2.89. The molecule has 0 bridgehead atoms. The Balaban J connectivity index is -0.0000000900. The molecular formula is C10H8MnNO4. The Kier molecular flexibility index (Phi) is 36.3. The molecule has 0 aromatic carbocycles. The fourth-order valence-corrected chi connectivity index (χ4v) is 0.673. The Bertz CT molecular complexity index is 202. The maximum atomic E-state index is 8.29. The van der Waals surface area contributed by atoms with Gasteiger partial charge in [-0.1, -0.05) is 5.16 Å². The van der Waals surface area contributed by atoms with Crippen LogP contribution in [0, 0.1) is 51.6 Å². The first kappa shape index (κ1) is 24.4. The van der Waals surface area contributed by atoms with Crippen LogP contribution in [0.5, 0.6) is 0 Å². The molecule has 1 N–H and O–H groups in total. The third-order valence-electron chi connectivity index (χ3n) is 1.23. The van der Waals surface area contributed by atoms with Gasteiger partial charge >= 0.3 is 33.9 Å². The molecule has 6 heteroatoms. The zero-order valence-corrected chi connectivity index (χ0v) is 9.49. The second-order valence-corrected chi connectivity index (χ2v) is 1.86. The van der Waals surface area contributed by atoms with Gasteiger partial charge in [-0.15, -0.1) is 0 Å². The first-order valence-electron chi connectivity index (χ1n) is 3.36. The second-order valence-electron chi connectivity index (χ2n) is 1.86. The first-order chi connectivity index (χ1) is 7.34. The minimum Gasteiger partial charge on any atom is 0 e. The van der Waals surface area contributed by atoms with Crippen molar-refractivity contribution in [1.29, 1.82) is 0 Å². The van der Waals surface area contributed by atoms with Gasteiger partial charge in [0.25, 0.3) is 0 Å². The normalized spacial score (nSPS) is 13.3. The fourth-order valence-electron chi connectivity index (χ4n) is 0.673. The predicted molar refractivity (Wildman–Crippen MR) is 47.1 cm³/mol. The molecule has 0 aromatic heterocycles. The van der Waals surface area contributed by atoms with Crippen molar-refractivity contribution in [2.24, 2.45) is 5.16 Å². The number of hydrogen-bond donors (Lipinski definition) is 1. The summed E-state index contributed by atoms with van der Waals surface area (Å²) in [5, 5.41) is 11.3. The number of oxime groups is 1. The molecule has 0 unspecified atom stereocenters. The van der Waals surface area contributed by atoms with Gasteiger partial charge in [0.1, 0.15) is 0 Å². The van der Waals surface area contributed by atoms with Gasteiger partial charge in [0, 0.05) is 23.0 Å². The van der Waals surface area contributed by atoms with Gasteiger partial charge in [-0.2, -0.15) is 0 Å². The summed E-state index contributed by atoms with van der Waals surface area (Å²) in [6, 6.07) is 0. The molecule has 1 aliphatic rings. The molecule has 1 saturated carbocycles. The van der Waals surface area contributed by atoms with Crippen LogP contribution in [0.2, 0.25) is 0 Å². The monoisotopic (exact) mass is 261 g/mol. The molecule has 0 atom stereocenters. The Labute approximate surface area is 106 Å². The smallest absolute Gasteiger partial charge is 0 e. The number of hydrogen-bond acceptors (Lipinski definition) is 2. The molecule has 0 spiro atoms. The van der Waals surface area contributed by atoms with E-state index in [1.165, 1.54) is 0 Å². The van der Waals surface area contributed by atoms with E-state index in [1.807, 2.05) is 25.7 Å². The Morgan fingerprint density at radius 3 is 1.62 bits per heavy atom. The zero-order chi connectivity index (χ0) is 12.7. The van der Waals surface area contributed by atoms with Crippen molar-refractivity contribution < 1.29 is 36.2 Å². The van der Waals surface area contributed by atoms with Crippen LogP contribution in [0.1, 0.15) is 6.92 Å². The Morgan fingerprint density at radius 2 is 1.38 bits per heavy atom. The molecule has 84 valence electrons. The van der Waals surface area contributed by atoms with Gasteiger partial charge in [0.2, 0.25) is 0 Å². The summed E-state index contributed by atoms with van der Waals surface area (Å²) in [5.74, 6) is 0.970. The topological polar surface area (TPSA) is 92.3 Å². The predicted octanol–water partition coefficient (Wildman–Crippen LogP) is 1.13. The standard InChI is InChI=1S/C7H8NO.3CO.Mn/c1-6(8-9)7-4-2-3-5-7;3*1-2;/h2-5,9H,1H3;;;;/b8-6+;;;;. The van der Waals surface area contributed by atoms with Gasteiger partial charge < -0.3 is 5.21 Å². The molecule has 1 aliphatic carbocycles. The molecule has 1 rings (SSSR count). The van der Waals surface area contributed by atoms with Crippen molar-refractivity contribution in [1.82, 2.24) is 0 Å². The van der Waals surface area contributed by atoms with Crippen molar-refractivity contribution >= 4 is 5.71 Å². The first-order valence-corrected chi connectivity index (χ1v) is 3.36. The summed E-state index contributed by atoms with van der Waals surface area (Å²) in [5.41, 5.74) is 0.653. The van der Waals surface area contributed by atoms with Crippen LogP contribution in [0.3, 0.4) is 0 Å². The maximum absolute atomic E-state index is 8.29. The van der Waals surface area contributed by atoms with Crippen molar-refractivity contribution in [3.05, 3.63) is 51.6 Å². The van der Waals surface area contributed by atoms with E-state index in [1.54, 1.807) is 6.92 Å². The van der Waals surface area contributed by atoms with Crippen LogP contribution in [-0.2, 0) is 31.0 Å². The third-order valence-corrected chi connectivity index (χ3v) is 1.23. The SMILES string of the molecule is C/C(=N\O)[C]1[CH][CH][CH][CH]1.[C-]#[O+].[C-]#[O+].[C-]#[O+].[Mn]. The van der Waals surface area contributed by atoms with Crippen LogP contribution >= 0.6 is 0 Å². The molecular weight excluding hydrogens is 253 g/mol. The summed E-state index contributed by atoms with van der Waals surface area (Å²) in [7, 11) is 0. The van der Waals surface area contributed by atoms with Crippen LogP contribution in [0.4, 0.5) is 0 Å². The molecule has 16 heavy (non-hydrogen) atoms. The quantitative estimate of drug-likeness (QED) is 0.188. The molecule has 1 fully saturated rings.